The van der Waals surface area contributed by atoms with Gasteiger partial charge < -0.3 is 14.1 Å². The molecule has 0 spiro atoms. The normalized spacial score (nSPS) is 19.8. The van der Waals surface area contributed by atoms with Gasteiger partial charge in [-0.15, -0.1) is 0 Å². The van der Waals surface area contributed by atoms with E-state index in [0.29, 0.717) is 23.5 Å². The van der Waals surface area contributed by atoms with Crippen LogP contribution in [0.3, 0.4) is 0 Å². The molecule has 0 saturated carbocycles. The summed E-state index contributed by atoms with van der Waals surface area (Å²) in [5.41, 5.74) is 5.49. The molecule has 1 aromatic heterocycles. The van der Waals surface area contributed by atoms with Crippen molar-refractivity contribution in [1.29, 1.82) is 0 Å². The van der Waals surface area contributed by atoms with Crippen molar-refractivity contribution in [2.24, 2.45) is 5.10 Å². The molecule has 1 aliphatic carbocycles. The van der Waals surface area contributed by atoms with Gasteiger partial charge in [0.2, 0.25) is 0 Å². The maximum Gasteiger partial charge on any atom is 0.290 e. The number of piperidine rings is 1. The first-order valence-corrected chi connectivity index (χ1v) is 10.9. The summed E-state index contributed by atoms with van der Waals surface area (Å²) >= 11 is 0. The monoisotopic (exact) mass is 423 g/mol. The molecule has 2 aromatic rings. The molecule has 2 aliphatic rings. The van der Waals surface area contributed by atoms with Crippen LogP contribution in [0.25, 0.3) is 0 Å². The van der Waals surface area contributed by atoms with Gasteiger partial charge in [-0.1, -0.05) is 12.1 Å². The smallest absolute Gasteiger partial charge is 0.290 e. The molecule has 1 aliphatic heterocycles. The van der Waals surface area contributed by atoms with Gasteiger partial charge in [0.25, 0.3) is 11.8 Å². The van der Waals surface area contributed by atoms with E-state index in [0.717, 1.165) is 61.2 Å². The number of likely N-dealkylation sites (tertiary alicyclic amines) is 1. The molecule has 7 nitrogen and oxygen atoms in total. The Labute approximate surface area is 182 Å². The number of aryl methyl sites for hydroxylation is 1. The zero-order valence-electron chi connectivity index (χ0n) is 18.4. The lowest BCUT2D eigenvalue weighted by Crippen LogP contribution is -2.42. The summed E-state index contributed by atoms with van der Waals surface area (Å²) in [6.07, 6.45) is 5.54. The summed E-state index contributed by atoms with van der Waals surface area (Å²) < 4.78 is 11.3. The third-order valence-electron chi connectivity index (χ3n) is 6.23. The number of methoxy groups -OCH3 is 1. The number of carbonyl (C=O) groups is 2. The Morgan fingerprint density at radius 3 is 2.77 bits per heavy atom. The number of amides is 2. The van der Waals surface area contributed by atoms with Crippen LogP contribution < -0.4 is 10.2 Å². The number of carbonyl (C=O) groups excluding carboxylic acids is 2. The summed E-state index contributed by atoms with van der Waals surface area (Å²) in [7, 11) is 1.53. The molecule has 2 amide bonds. The predicted molar refractivity (Wildman–Crippen MR) is 118 cm³/mol. The standard InChI is InChI=1S/C24H29N3O4/c1-15-9-6-7-14-27(15)24(29)22-16(2)21-18(11-8-13-20(21)31-22)25-26-23(28)17-10-4-5-12-19(17)30-3/h4-5,10,12,15H,6-9,11,13-14H2,1-3H3,(H,26,28)/b25-18+. The van der Waals surface area contributed by atoms with Crippen LogP contribution in [0.2, 0.25) is 0 Å². The second-order valence-corrected chi connectivity index (χ2v) is 8.25. The molecule has 31 heavy (non-hydrogen) atoms. The largest absolute Gasteiger partial charge is 0.496 e. The second kappa shape index (κ2) is 8.96. The first-order valence-electron chi connectivity index (χ1n) is 10.9. The quantitative estimate of drug-likeness (QED) is 0.751. The summed E-state index contributed by atoms with van der Waals surface area (Å²) in [6, 6.07) is 7.24. The van der Waals surface area contributed by atoms with Crippen LogP contribution in [-0.4, -0.2) is 42.1 Å². The van der Waals surface area contributed by atoms with Crippen LogP contribution in [0.4, 0.5) is 0 Å². The van der Waals surface area contributed by atoms with Crippen LogP contribution in [0.1, 0.15) is 76.8 Å². The fourth-order valence-electron chi connectivity index (χ4n) is 4.53. The third-order valence-corrected chi connectivity index (χ3v) is 6.23. The summed E-state index contributed by atoms with van der Waals surface area (Å²) in [5, 5.41) is 4.41. The number of hydrogen-bond donors (Lipinski definition) is 1. The van der Waals surface area contributed by atoms with Crippen LogP contribution in [-0.2, 0) is 6.42 Å². The molecule has 1 saturated heterocycles. The number of hydrazone groups is 1. The molecular formula is C24H29N3O4. The maximum atomic E-state index is 13.2. The minimum absolute atomic E-state index is 0.0449. The number of rotatable bonds is 4. The van der Waals surface area contributed by atoms with Crippen molar-refractivity contribution >= 4 is 17.5 Å². The average Bonchev–Trinajstić information content (AvgIpc) is 3.14. The predicted octanol–water partition coefficient (Wildman–Crippen LogP) is 4.08. The zero-order chi connectivity index (χ0) is 22.0. The van der Waals surface area contributed by atoms with Gasteiger partial charge >= 0.3 is 0 Å². The van der Waals surface area contributed by atoms with Crippen molar-refractivity contribution in [3.63, 3.8) is 0 Å². The van der Waals surface area contributed by atoms with Crippen molar-refractivity contribution in [3.8, 4) is 5.75 Å². The van der Waals surface area contributed by atoms with Gasteiger partial charge in [-0.3, -0.25) is 9.59 Å². The number of fused-ring (bicyclic) bond motifs is 1. The van der Waals surface area contributed by atoms with Gasteiger partial charge in [-0.25, -0.2) is 5.43 Å². The van der Waals surface area contributed by atoms with E-state index in [-0.39, 0.29) is 17.9 Å². The van der Waals surface area contributed by atoms with Crippen LogP contribution >= 0.6 is 0 Å². The molecule has 2 heterocycles. The summed E-state index contributed by atoms with van der Waals surface area (Å²) in [4.78, 5) is 27.7. The van der Waals surface area contributed by atoms with Gasteiger partial charge in [0.1, 0.15) is 11.5 Å². The van der Waals surface area contributed by atoms with Crippen molar-refractivity contribution in [1.82, 2.24) is 10.3 Å². The van der Waals surface area contributed by atoms with E-state index in [1.165, 1.54) is 7.11 Å². The van der Waals surface area contributed by atoms with E-state index in [1.54, 1.807) is 18.2 Å². The minimum atomic E-state index is -0.336. The second-order valence-electron chi connectivity index (χ2n) is 8.25. The van der Waals surface area contributed by atoms with E-state index in [2.05, 4.69) is 17.5 Å². The highest BCUT2D eigenvalue weighted by Gasteiger charge is 2.32. The molecule has 1 N–H and O–H groups in total. The van der Waals surface area contributed by atoms with Crippen LogP contribution in [0.15, 0.2) is 33.8 Å². The Hall–Kier alpha value is -3.09. The van der Waals surface area contributed by atoms with Crippen molar-refractivity contribution in [2.45, 2.75) is 58.4 Å². The molecule has 1 unspecified atom stereocenters. The molecule has 164 valence electrons. The number of para-hydroxylation sites is 1. The lowest BCUT2D eigenvalue weighted by atomic mass is 9.93. The van der Waals surface area contributed by atoms with Crippen LogP contribution in [0, 0.1) is 6.92 Å². The van der Waals surface area contributed by atoms with Crippen molar-refractivity contribution in [3.05, 3.63) is 52.5 Å². The van der Waals surface area contributed by atoms with Crippen LogP contribution in [0.5, 0.6) is 5.75 Å². The van der Waals surface area contributed by atoms with Gasteiger partial charge in [-0.05, 0) is 58.1 Å². The molecule has 7 heteroatoms. The molecule has 1 fully saturated rings. The average molecular weight is 424 g/mol. The summed E-state index contributed by atoms with van der Waals surface area (Å²) in [6.45, 7) is 4.77. The van der Waals surface area contributed by atoms with Crippen molar-refractivity contribution < 1.29 is 18.7 Å². The van der Waals surface area contributed by atoms with Gasteiger partial charge in [-0.2, -0.15) is 5.10 Å². The van der Waals surface area contributed by atoms with E-state index >= 15 is 0 Å². The Kier molecular flexibility index (Phi) is 6.11. The zero-order valence-corrected chi connectivity index (χ0v) is 18.4. The van der Waals surface area contributed by atoms with E-state index in [1.807, 2.05) is 17.9 Å². The van der Waals surface area contributed by atoms with E-state index in [4.69, 9.17) is 9.15 Å². The maximum absolute atomic E-state index is 13.2. The molecule has 0 radical (unpaired) electrons. The van der Waals surface area contributed by atoms with E-state index < -0.39 is 0 Å². The fraction of sp³-hybridized carbons (Fsp3) is 0.458. The number of furan rings is 1. The molecule has 0 bridgehead atoms. The SMILES string of the molecule is COc1ccccc1C(=O)N/N=C1\CCCc2oc(C(=O)N3CCCCC3C)c(C)c21. The number of nitrogens with one attached hydrogen (secondary N) is 1. The van der Waals surface area contributed by atoms with Crippen molar-refractivity contribution in [2.75, 3.05) is 13.7 Å². The molecule has 4 rings (SSSR count). The first kappa shape index (κ1) is 21.2. The summed E-state index contributed by atoms with van der Waals surface area (Å²) in [5.74, 6) is 1.30. The highest BCUT2D eigenvalue weighted by atomic mass is 16.5. The number of hydrogen-bond acceptors (Lipinski definition) is 5. The number of benzene rings is 1. The fourth-order valence-corrected chi connectivity index (χ4v) is 4.53. The lowest BCUT2D eigenvalue weighted by Gasteiger charge is -2.32. The van der Waals surface area contributed by atoms with Gasteiger partial charge in [0, 0.05) is 30.1 Å². The Morgan fingerprint density at radius 2 is 2.00 bits per heavy atom. The molecule has 1 atom stereocenters. The molecule has 1 aromatic carbocycles. The number of nitrogens with zero attached hydrogens (tertiary/aromatic N) is 2. The minimum Gasteiger partial charge on any atom is -0.496 e. The topological polar surface area (TPSA) is 84.1 Å². The Balaban J connectivity index is 1.59. The number of ether oxygens (including phenoxy) is 1. The van der Waals surface area contributed by atoms with Gasteiger partial charge in [0.15, 0.2) is 5.76 Å². The lowest BCUT2D eigenvalue weighted by molar-refractivity contribution is 0.0600. The van der Waals surface area contributed by atoms with Gasteiger partial charge in [0.05, 0.1) is 18.4 Å². The highest BCUT2D eigenvalue weighted by molar-refractivity contribution is 6.07. The van der Waals surface area contributed by atoms with E-state index in [9.17, 15) is 9.59 Å². The molecular weight excluding hydrogens is 394 g/mol. The highest BCUT2D eigenvalue weighted by Crippen LogP contribution is 2.31. The first-order chi connectivity index (χ1) is 15.0. The Bertz CT molecular complexity index is 1020. The third kappa shape index (κ3) is 4.09. The Morgan fingerprint density at radius 1 is 1.19 bits per heavy atom.